The van der Waals surface area contributed by atoms with Gasteiger partial charge in [-0.25, -0.2) is 0 Å². The Morgan fingerprint density at radius 3 is 1.29 bits per heavy atom. The molecule has 3 aliphatic heterocycles. The Morgan fingerprint density at radius 2 is 0.806 bits per heavy atom. The minimum Gasteiger partial charge on any atom is -0.481 e. The molecule has 0 aromatic heterocycles. The van der Waals surface area contributed by atoms with E-state index < -0.39 is 65.0 Å². The molecule has 576 valence electrons. The van der Waals surface area contributed by atoms with Gasteiger partial charge in [-0.05, 0) is 279 Å². The van der Waals surface area contributed by atoms with Crippen LogP contribution in [0.3, 0.4) is 0 Å². The average molecular weight is 1450 g/mol. The van der Waals surface area contributed by atoms with E-state index in [1.54, 1.807) is 0 Å². The lowest BCUT2D eigenvalue weighted by atomic mass is 9.69. The first-order chi connectivity index (χ1) is 49.0. The number of esters is 2. The molecule has 23 nitrogen and oxygen atoms in total. The van der Waals surface area contributed by atoms with Gasteiger partial charge >= 0.3 is 35.8 Å². The van der Waals surface area contributed by atoms with Gasteiger partial charge in [0.15, 0.2) is 0 Å². The number of rotatable bonds is 14. The van der Waals surface area contributed by atoms with Crippen LogP contribution >= 0.6 is 0 Å². The summed E-state index contributed by atoms with van der Waals surface area (Å²) in [7, 11) is 0. The summed E-state index contributed by atoms with van der Waals surface area (Å²) in [5, 5.41) is 111. The molecule has 0 amide bonds. The lowest BCUT2D eigenvalue weighted by Gasteiger charge is -2.37. The summed E-state index contributed by atoms with van der Waals surface area (Å²) in [6, 6.07) is 0. The maximum atomic E-state index is 12.5. The van der Waals surface area contributed by atoms with Crippen molar-refractivity contribution < 1.29 is 114 Å². The number of carboxylic acid groups (broad SMARTS) is 4. The molecule has 0 radical (unpaired) electrons. The van der Waals surface area contributed by atoms with Crippen LogP contribution in [-0.2, 0) is 52.5 Å². The number of fused-ring (bicyclic) bond motifs is 31. The van der Waals surface area contributed by atoms with Gasteiger partial charge in [0.2, 0.25) is 0 Å². The fraction of sp³-hybridized carbons (Fsp3) is 0.875. The second kappa shape index (κ2) is 29.4. The van der Waals surface area contributed by atoms with E-state index in [0.717, 1.165) is 66.6 Å². The minimum atomic E-state index is -0.987. The largest absolute Gasteiger partial charge is 0.481 e. The van der Waals surface area contributed by atoms with E-state index in [1.165, 1.54) is 64.2 Å². The molecular weight excluding hydrogens is 1330 g/mol. The zero-order valence-electron chi connectivity index (χ0n) is 60.8. The summed E-state index contributed by atoms with van der Waals surface area (Å²) in [5.74, 6) is 6.16. The molecule has 23 heteroatoms. The van der Waals surface area contributed by atoms with Crippen molar-refractivity contribution in [3.8, 4) is 0 Å². The molecule has 14 bridgehead atoms. The highest BCUT2D eigenvalue weighted by Gasteiger charge is 2.72. The molecule has 20 aliphatic rings. The number of hydrogen-bond acceptors (Lipinski definition) is 19. The molecule has 12 N–H and O–H groups in total. The number of allylic oxidation sites excluding steroid dienone is 4. The van der Waals surface area contributed by atoms with Crippen molar-refractivity contribution in [3.63, 3.8) is 0 Å². The first-order valence-corrected chi connectivity index (χ1v) is 39.7. The lowest BCUT2D eigenvalue weighted by Crippen LogP contribution is -2.38. The molecule has 0 aromatic carbocycles. The summed E-state index contributed by atoms with van der Waals surface area (Å²) in [6.07, 6.45) is 26.0. The SMILES string of the molecule is CC(C)(C)OC(=O)CC1C2C=CC(C2)C1C(=O)OC(C)(C)C.O=C(O)C1C2CC(C3OC23)C1C(=O)O.O=C(O)CC1C2C=CC(C2)C1C(=O)O.OC1CC2C3CCC(C3)C2C1O.OCC1C(CO)C2CC1C1CCCC12.OCC1C(CO)C2CC1C1OC21.OCC1C2CC(C1CO)C1C2CC2OC21. The van der Waals surface area contributed by atoms with E-state index in [1.807, 2.05) is 53.7 Å². The Labute approximate surface area is 604 Å². The van der Waals surface area contributed by atoms with Crippen molar-refractivity contribution in [1.82, 2.24) is 0 Å². The standard InChI is InChI=1S/C18H28O4.C12H18O3.C12H20O2.C10H12O4.C10H16O2.C9H10O5.C9H14O3/c1-17(2,3)21-14(19)10-13-11-7-8-12(9-11)15(13)16(20)22-18(4,5)6;13-3-8-5-1-6(9(8)4-14)11-7(5)2-10-12(11)15-10;13-5-11-9-4-10(12(11)6-14)8-3-1-2-7(8)9;11-8(12)4-7-5-1-2-6(3-5)9(7)10(13)14;11-8-4-7-5-1-2-6(3-5)9(7)10(8)12;10-8(11)4-2-1-3(5(4)9(12)13)7-6(2)14-7;10-2-6-4-1-5(7(6)3-11)9-8(4)12-9/h7-8,11-13,15H,9-10H2,1-6H3;5-14H,1-4H2;7-14H,1-6H2;1-2,5-7,9H,3-4H2,(H,11,12)(H,13,14);5-12H,1-4H2;2-7H,1H2,(H,10,11)(H,12,13);4-11H,1-3H2. The van der Waals surface area contributed by atoms with Crippen molar-refractivity contribution >= 4 is 35.8 Å². The number of aliphatic hydroxyl groups is 8. The van der Waals surface area contributed by atoms with Crippen LogP contribution in [-0.4, -0.2) is 197 Å². The Hall–Kier alpha value is -4.14. The van der Waals surface area contributed by atoms with E-state index in [2.05, 4.69) is 12.2 Å². The second-order valence-electron chi connectivity index (χ2n) is 37.5. The number of carbonyl (C=O) groups excluding carboxylic acids is 2. The zero-order valence-corrected chi connectivity index (χ0v) is 60.8. The normalized spacial score (nSPS) is 50.2. The van der Waals surface area contributed by atoms with Crippen LogP contribution in [0.2, 0.25) is 0 Å². The quantitative estimate of drug-likeness (QED) is 0.0522. The zero-order chi connectivity index (χ0) is 73.5. The van der Waals surface area contributed by atoms with Gasteiger partial charge in [0.25, 0.3) is 0 Å². The fourth-order valence-corrected chi connectivity index (χ4v) is 27.1. The summed E-state index contributed by atoms with van der Waals surface area (Å²) >= 11 is 0. The molecule has 18 fully saturated rings. The molecular formula is C80H118O23. The molecule has 40 unspecified atom stereocenters. The van der Waals surface area contributed by atoms with Crippen molar-refractivity contribution in [1.29, 1.82) is 0 Å². The van der Waals surface area contributed by atoms with Crippen LogP contribution in [0.4, 0.5) is 0 Å². The summed E-state index contributed by atoms with van der Waals surface area (Å²) in [5.41, 5.74) is -0.995. The van der Waals surface area contributed by atoms with Crippen LogP contribution in [0.25, 0.3) is 0 Å². The molecule has 20 rings (SSSR count). The van der Waals surface area contributed by atoms with Gasteiger partial charge in [-0.15, -0.1) is 0 Å². The number of aliphatic hydroxyl groups excluding tert-OH is 8. The Morgan fingerprint density at radius 1 is 0.379 bits per heavy atom. The van der Waals surface area contributed by atoms with Gasteiger partial charge in [0.05, 0.1) is 72.5 Å². The third-order valence-electron chi connectivity index (χ3n) is 30.8. The van der Waals surface area contributed by atoms with E-state index in [0.29, 0.717) is 115 Å². The Balaban J connectivity index is 0.000000102. The van der Waals surface area contributed by atoms with Crippen molar-refractivity contribution in [2.75, 3.05) is 39.6 Å². The van der Waals surface area contributed by atoms with E-state index in [4.69, 9.17) is 54.3 Å². The topological polar surface area (TPSA) is 401 Å². The molecule has 103 heavy (non-hydrogen) atoms. The average Bonchev–Trinajstić information content (AvgIpc) is 1.54. The molecule has 3 heterocycles. The summed E-state index contributed by atoms with van der Waals surface area (Å²) in [4.78, 5) is 68.1. The van der Waals surface area contributed by atoms with Gasteiger partial charge in [0, 0.05) is 64.3 Å². The second-order valence-corrected chi connectivity index (χ2v) is 37.5. The summed E-state index contributed by atoms with van der Waals surface area (Å²) < 4.78 is 27.4. The molecule has 15 saturated carbocycles. The number of ether oxygens (including phenoxy) is 5. The predicted molar refractivity (Wildman–Crippen MR) is 367 cm³/mol. The van der Waals surface area contributed by atoms with E-state index >= 15 is 0 Å². The minimum absolute atomic E-state index is 0.000278. The Bertz CT molecular complexity index is 3100. The molecule has 3 saturated heterocycles. The monoisotopic (exact) mass is 1450 g/mol. The van der Waals surface area contributed by atoms with Gasteiger partial charge < -0.3 is 85.0 Å². The Kier molecular flexibility index (Phi) is 21.6. The number of hydrogen-bond donors (Lipinski definition) is 12. The third kappa shape index (κ3) is 14.1. The number of aliphatic carboxylic acids is 4. The highest BCUT2D eigenvalue weighted by molar-refractivity contribution is 5.82. The van der Waals surface area contributed by atoms with Gasteiger partial charge in [0.1, 0.15) is 11.2 Å². The molecule has 40 atom stereocenters. The molecule has 0 spiro atoms. The third-order valence-corrected chi connectivity index (χ3v) is 30.8. The summed E-state index contributed by atoms with van der Waals surface area (Å²) in [6.45, 7) is 12.8. The van der Waals surface area contributed by atoms with Crippen LogP contribution in [0.1, 0.15) is 144 Å². The van der Waals surface area contributed by atoms with Crippen molar-refractivity contribution in [2.45, 2.75) is 204 Å². The fourth-order valence-electron chi connectivity index (χ4n) is 27.1. The highest BCUT2D eigenvalue weighted by atomic mass is 16.6. The van der Waals surface area contributed by atoms with Crippen LogP contribution in [0.15, 0.2) is 24.3 Å². The maximum absolute atomic E-state index is 12.5. The van der Waals surface area contributed by atoms with Gasteiger partial charge in [-0.2, -0.15) is 0 Å². The molecule has 0 aromatic rings. The number of epoxide rings is 3. The number of carboxylic acids is 4. The van der Waals surface area contributed by atoms with E-state index in [9.17, 15) is 59.4 Å². The first kappa shape index (κ1) is 75.7. The van der Waals surface area contributed by atoms with Gasteiger partial charge in [-0.3, -0.25) is 28.8 Å². The molecule has 17 aliphatic carbocycles. The smallest absolute Gasteiger partial charge is 0.310 e. The van der Waals surface area contributed by atoms with Crippen molar-refractivity contribution in [3.05, 3.63) is 24.3 Å². The van der Waals surface area contributed by atoms with Crippen LogP contribution in [0, 0.1) is 189 Å². The lowest BCUT2D eigenvalue weighted by molar-refractivity contribution is -0.165. The van der Waals surface area contributed by atoms with Crippen LogP contribution < -0.4 is 0 Å². The van der Waals surface area contributed by atoms with Gasteiger partial charge in [-0.1, -0.05) is 30.7 Å². The highest BCUT2D eigenvalue weighted by Crippen LogP contribution is 2.69. The first-order valence-electron chi connectivity index (χ1n) is 39.7. The van der Waals surface area contributed by atoms with Crippen molar-refractivity contribution in [2.24, 2.45) is 189 Å². The number of carbonyl (C=O) groups is 6. The maximum Gasteiger partial charge on any atom is 0.310 e. The van der Waals surface area contributed by atoms with E-state index in [-0.39, 0.29) is 117 Å². The predicted octanol–water partition coefficient (Wildman–Crippen LogP) is 6.21. The van der Waals surface area contributed by atoms with Crippen LogP contribution in [0.5, 0.6) is 0 Å².